The van der Waals surface area contributed by atoms with Crippen molar-refractivity contribution >= 4 is 6.03 Å². The quantitative estimate of drug-likeness (QED) is 0.630. The van der Waals surface area contributed by atoms with Gasteiger partial charge in [-0.2, -0.15) is 5.10 Å². The van der Waals surface area contributed by atoms with Gasteiger partial charge < -0.3 is 15.7 Å². The van der Waals surface area contributed by atoms with Crippen LogP contribution >= 0.6 is 0 Å². The Morgan fingerprint density at radius 3 is 2.80 bits per heavy atom. The molecule has 0 aliphatic carbocycles. The maximum absolute atomic E-state index is 11.6. The molecule has 0 bridgehead atoms. The van der Waals surface area contributed by atoms with Crippen LogP contribution in [0.25, 0.3) is 0 Å². The van der Waals surface area contributed by atoms with Crippen molar-refractivity contribution in [3.05, 3.63) is 17.5 Å². The first kappa shape index (κ1) is 16.5. The van der Waals surface area contributed by atoms with Crippen molar-refractivity contribution in [2.75, 3.05) is 13.2 Å². The topological polar surface area (TPSA) is 79.2 Å². The Labute approximate surface area is 120 Å². The molecule has 1 unspecified atom stereocenters. The summed E-state index contributed by atoms with van der Waals surface area (Å²) in [4.78, 5) is 11.6. The van der Waals surface area contributed by atoms with E-state index in [-0.39, 0.29) is 18.7 Å². The molecule has 0 aromatic carbocycles. The number of aliphatic hydroxyl groups excluding tert-OH is 1. The third-order valence-corrected chi connectivity index (χ3v) is 3.11. The highest BCUT2D eigenvalue weighted by Crippen LogP contribution is 2.02. The number of carbonyl (C=O) groups is 1. The van der Waals surface area contributed by atoms with Crippen LogP contribution in [0.4, 0.5) is 4.79 Å². The average molecular weight is 282 g/mol. The Morgan fingerprint density at radius 1 is 1.45 bits per heavy atom. The van der Waals surface area contributed by atoms with E-state index in [0.717, 1.165) is 30.8 Å². The Hall–Kier alpha value is -1.56. The molecule has 0 aliphatic rings. The van der Waals surface area contributed by atoms with Gasteiger partial charge in [-0.15, -0.1) is 0 Å². The molecule has 0 fully saturated rings. The van der Waals surface area contributed by atoms with Gasteiger partial charge in [0.25, 0.3) is 0 Å². The lowest BCUT2D eigenvalue weighted by Crippen LogP contribution is -2.41. The number of rotatable bonds is 8. The molecule has 0 saturated carbocycles. The summed E-state index contributed by atoms with van der Waals surface area (Å²) in [5.41, 5.74) is 2.16. The number of urea groups is 1. The second kappa shape index (κ2) is 8.58. The van der Waals surface area contributed by atoms with Gasteiger partial charge in [-0.1, -0.05) is 0 Å². The number of nitrogens with zero attached hydrogens (tertiary/aromatic N) is 2. The van der Waals surface area contributed by atoms with Crippen LogP contribution in [0.5, 0.6) is 0 Å². The number of hydrogen-bond donors (Lipinski definition) is 3. The molecular formula is C14H26N4O2. The Kier molecular flexibility index (Phi) is 7.08. The molecule has 20 heavy (non-hydrogen) atoms. The predicted octanol–water partition coefficient (Wildman–Crippen LogP) is 1.35. The van der Waals surface area contributed by atoms with Crippen LogP contribution < -0.4 is 10.6 Å². The van der Waals surface area contributed by atoms with E-state index in [4.69, 9.17) is 5.11 Å². The van der Waals surface area contributed by atoms with E-state index in [1.807, 2.05) is 31.5 Å². The van der Waals surface area contributed by atoms with E-state index < -0.39 is 0 Å². The third kappa shape index (κ3) is 6.06. The molecule has 0 spiro atoms. The summed E-state index contributed by atoms with van der Waals surface area (Å²) >= 11 is 0. The van der Waals surface area contributed by atoms with E-state index in [1.54, 1.807) is 0 Å². The minimum absolute atomic E-state index is 0.0816. The van der Waals surface area contributed by atoms with Gasteiger partial charge in [0.05, 0.1) is 5.69 Å². The van der Waals surface area contributed by atoms with Crippen molar-refractivity contribution in [1.29, 1.82) is 0 Å². The van der Waals surface area contributed by atoms with Gasteiger partial charge in [0.1, 0.15) is 0 Å². The minimum atomic E-state index is -0.149. The summed E-state index contributed by atoms with van der Waals surface area (Å²) in [6, 6.07) is 1.98. The van der Waals surface area contributed by atoms with Crippen molar-refractivity contribution in [2.24, 2.45) is 0 Å². The van der Waals surface area contributed by atoms with Gasteiger partial charge >= 0.3 is 6.03 Å². The standard InChI is InChI=1S/C14H26N4O2/c1-11(6-4-9-19)16-14(20)15-7-5-8-18-13(3)10-12(2)17-18/h10-11,19H,4-9H2,1-3H3,(H2,15,16,20). The molecule has 0 radical (unpaired) electrons. The maximum Gasteiger partial charge on any atom is 0.314 e. The number of aliphatic hydroxyl groups is 1. The van der Waals surface area contributed by atoms with Gasteiger partial charge in [-0.3, -0.25) is 4.68 Å². The zero-order chi connectivity index (χ0) is 15.0. The molecule has 1 aromatic heterocycles. The van der Waals surface area contributed by atoms with Crippen molar-refractivity contribution in [3.8, 4) is 0 Å². The summed E-state index contributed by atoms with van der Waals surface area (Å²) in [5, 5.41) is 18.8. The molecule has 6 nitrogen and oxygen atoms in total. The summed E-state index contributed by atoms with van der Waals surface area (Å²) < 4.78 is 1.96. The van der Waals surface area contributed by atoms with E-state index in [1.165, 1.54) is 0 Å². The van der Waals surface area contributed by atoms with Crippen LogP contribution in [-0.2, 0) is 6.54 Å². The van der Waals surface area contributed by atoms with Crippen molar-refractivity contribution in [2.45, 2.75) is 52.6 Å². The van der Waals surface area contributed by atoms with Gasteiger partial charge in [0.15, 0.2) is 0 Å². The average Bonchev–Trinajstić information content (AvgIpc) is 2.70. The highest BCUT2D eigenvalue weighted by molar-refractivity contribution is 5.74. The smallest absolute Gasteiger partial charge is 0.314 e. The largest absolute Gasteiger partial charge is 0.396 e. The highest BCUT2D eigenvalue weighted by Gasteiger charge is 2.06. The normalized spacial score (nSPS) is 12.2. The molecule has 3 N–H and O–H groups in total. The number of nitrogens with one attached hydrogen (secondary N) is 2. The lowest BCUT2D eigenvalue weighted by atomic mass is 10.2. The zero-order valence-electron chi connectivity index (χ0n) is 12.6. The number of hydrogen-bond acceptors (Lipinski definition) is 3. The van der Waals surface area contributed by atoms with Gasteiger partial charge in [-0.05, 0) is 46.1 Å². The molecule has 2 amide bonds. The fourth-order valence-corrected chi connectivity index (χ4v) is 2.08. The SMILES string of the molecule is Cc1cc(C)n(CCCNC(=O)NC(C)CCCO)n1. The summed E-state index contributed by atoms with van der Waals surface area (Å²) in [5.74, 6) is 0. The molecule has 1 rings (SSSR count). The van der Waals surface area contributed by atoms with Crippen molar-refractivity contribution < 1.29 is 9.90 Å². The fourth-order valence-electron chi connectivity index (χ4n) is 2.08. The second-order valence-electron chi connectivity index (χ2n) is 5.17. The number of aryl methyl sites for hydroxylation is 3. The number of carbonyl (C=O) groups excluding carboxylic acids is 1. The summed E-state index contributed by atoms with van der Waals surface area (Å²) in [6.45, 7) is 7.53. The molecule has 6 heteroatoms. The molecule has 1 aromatic rings. The van der Waals surface area contributed by atoms with E-state index in [9.17, 15) is 4.79 Å². The Balaban J connectivity index is 2.14. The zero-order valence-corrected chi connectivity index (χ0v) is 12.6. The van der Waals surface area contributed by atoms with Crippen molar-refractivity contribution in [1.82, 2.24) is 20.4 Å². The first-order chi connectivity index (χ1) is 9.52. The Bertz CT molecular complexity index is 417. The third-order valence-electron chi connectivity index (χ3n) is 3.11. The highest BCUT2D eigenvalue weighted by atomic mass is 16.3. The second-order valence-corrected chi connectivity index (χ2v) is 5.17. The maximum atomic E-state index is 11.6. The monoisotopic (exact) mass is 282 g/mol. The molecular weight excluding hydrogens is 256 g/mol. The van der Waals surface area contributed by atoms with Gasteiger partial charge in [-0.25, -0.2) is 4.79 Å². The molecule has 0 aliphatic heterocycles. The molecule has 0 saturated heterocycles. The van der Waals surface area contributed by atoms with Gasteiger partial charge in [0.2, 0.25) is 0 Å². The van der Waals surface area contributed by atoms with Crippen LogP contribution in [0.2, 0.25) is 0 Å². The van der Waals surface area contributed by atoms with Gasteiger partial charge in [0, 0.05) is 31.4 Å². The van der Waals surface area contributed by atoms with E-state index in [0.29, 0.717) is 13.0 Å². The van der Waals surface area contributed by atoms with Crippen LogP contribution in [0.15, 0.2) is 6.07 Å². The molecule has 114 valence electrons. The minimum Gasteiger partial charge on any atom is -0.396 e. The van der Waals surface area contributed by atoms with E-state index in [2.05, 4.69) is 15.7 Å². The van der Waals surface area contributed by atoms with E-state index >= 15 is 0 Å². The van der Waals surface area contributed by atoms with Crippen LogP contribution in [0.3, 0.4) is 0 Å². The fraction of sp³-hybridized carbons (Fsp3) is 0.714. The Morgan fingerprint density at radius 2 is 2.20 bits per heavy atom. The molecule has 1 atom stereocenters. The number of aromatic nitrogens is 2. The lowest BCUT2D eigenvalue weighted by molar-refractivity contribution is 0.234. The molecule has 1 heterocycles. The lowest BCUT2D eigenvalue weighted by Gasteiger charge is -2.14. The first-order valence-electron chi connectivity index (χ1n) is 7.19. The summed E-state index contributed by atoms with van der Waals surface area (Å²) in [7, 11) is 0. The number of amides is 2. The predicted molar refractivity (Wildman–Crippen MR) is 78.6 cm³/mol. The van der Waals surface area contributed by atoms with Crippen LogP contribution in [-0.4, -0.2) is 40.1 Å². The first-order valence-corrected chi connectivity index (χ1v) is 7.19. The van der Waals surface area contributed by atoms with Crippen LogP contribution in [0.1, 0.15) is 37.6 Å². The van der Waals surface area contributed by atoms with Crippen molar-refractivity contribution in [3.63, 3.8) is 0 Å². The summed E-state index contributed by atoms with van der Waals surface area (Å²) in [6.07, 6.45) is 2.34. The van der Waals surface area contributed by atoms with Crippen LogP contribution in [0, 0.1) is 13.8 Å².